The van der Waals surface area contributed by atoms with Crippen LogP contribution in [0.25, 0.3) is 10.4 Å². The van der Waals surface area contributed by atoms with E-state index in [0.717, 1.165) is 27.2 Å². The molecule has 3 heteroatoms. The summed E-state index contributed by atoms with van der Waals surface area (Å²) in [4.78, 5) is 12.5. The lowest BCUT2D eigenvalue weighted by molar-refractivity contribution is 0.112. The number of hydrogen-bond acceptors (Lipinski definition) is 3. The predicted octanol–water partition coefficient (Wildman–Crippen LogP) is 3.25. The van der Waals surface area contributed by atoms with E-state index in [0.29, 0.717) is 0 Å². The molecule has 2 rings (SSSR count). The van der Waals surface area contributed by atoms with E-state index in [1.807, 2.05) is 37.3 Å². The largest absolute Gasteiger partial charge is 0.324 e. The Morgan fingerprint density at radius 2 is 2.12 bits per heavy atom. The van der Waals surface area contributed by atoms with E-state index >= 15 is 0 Å². The van der Waals surface area contributed by atoms with Crippen molar-refractivity contribution in [2.24, 2.45) is 5.73 Å². The molecule has 1 heterocycles. The zero-order valence-corrected chi connectivity index (χ0v) is 9.83. The summed E-state index contributed by atoms with van der Waals surface area (Å²) in [5.41, 5.74) is 8.07. The number of carbonyl (C=O) groups is 1. The zero-order valence-electron chi connectivity index (χ0n) is 9.01. The molecule has 2 aromatic rings. The summed E-state index contributed by atoms with van der Waals surface area (Å²) in [5.74, 6) is 0. The third-order valence-electron chi connectivity index (χ3n) is 2.44. The minimum Gasteiger partial charge on any atom is -0.324 e. The third kappa shape index (κ3) is 2.21. The van der Waals surface area contributed by atoms with E-state index < -0.39 is 0 Å². The van der Waals surface area contributed by atoms with Crippen LogP contribution in [0.3, 0.4) is 0 Å². The average molecular weight is 231 g/mol. The number of hydrogen-bond donors (Lipinski definition) is 1. The van der Waals surface area contributed by atoms with Crippen molar-refractivity contribution in [2.75, 3.05) is 0 Å². The van der Waals surface area contributed by atoms with E-state index in [1.54, 1.807) is 0 Å². The van der Waals surface area contributed by atoms with Crippen LogP contribution in [-0.4, -0.2) is 6.29 Å². The molecule has 0 fully saturated rings. The molecule has 16 heavy (non-hydrogen) atoms. The third-order valence-corrected chi connectivity index (χ3v) is 3.50. The molecule has 1 aromatic carbocycles. The van der Waals surface area contributed by atoms with Gasteiger partial charge in [-0.3, -0.25) is 4.79 Å². The van der Waals surface area contributed by atoms with Gasteiger partial charge in [-0.05, 0) is 36.2 Å². The molecule has 0 aliphatic carbocycles. The van der Waals surface area contributed by atoms with Gasteiger partial charge in [0.05, 0.1) is 4.88 Å². The van der Waals surface area contributed by atoms with Gasteiger partial charge in [0.1, 0.15) is 0 Å². The number of carbonyl (C=O) groups excluding carboxylic acids is 1. The van der Waals surface area contributed by atoms with Crippen LogP contribution in [0.15, 0.2) is 36.4 Å². The number of benzene rings is 1. The van der Waals surface area contributed by atoms with Gasteiger partial charge in [0.2, 0.25) is 0 Å². The first-order chi connectivity index (χ1) is 7.70. The maximum absolute atomic E-state index is 10.6. The first kappa shape index (κ1) is 11.0. The molecule has 0 unspecified atom stereocenters. The minimum atomic E-state index is 0.0328. The summed E-state index contributed by atoms with van der Waals surface area (Å²) in [6.07, 6.45) is 0.879. The average Bonchev–Trinajstić information content (AvgIpc) is 2.77. The number of rotatable bonds is 3. The normalized spacial score (nSPS) is 12.4. The van der Waals surface area contributed by atoms with Crippen molar-refractivity contribution in [1.82, 2.24) is 0 Å². The van der Waals surface area contributed by atoms with Crippen LogP contribution in [0.2, 0.25) is 0 Å². The molecule has 0 aliphatic heterocycles. The van der Waals surface area contributed by atoms with Crippen LogP contribution in [0.4, 0.5) is 0 Å². The summed E-state index contributed by atoms with van der Waals surface area (Å²) < 4.78 is 0. The molecule has 2 nitrogen and oxygen atoms in total. The van der Waals surface area contributed by atoms with Gasteiger partial charge in [-0.1, -0.05) is 18.2 Å². The second-order valence-corrected chi connectivity index (χ2v) is 4.85. The van der Waals surface area contributed by atoms with Crippen LogP contribution < -0.4 is 5.73 Å². The minimum absolute atomic E-state index is 0.0328. The Bertz CT molecular complexity index is 502. The van der Waals surface area contributed by atoms with Crippen molar-refractivity contribution in [1.29, 1.82) is 0 Å². The van der Waals surface area contributed by atoms with Crippen molar-refractivity contribution in [2.45, 2.75) is 13.0 Å². The van der Waals surface area contributed by atoms with Crippen molar-refractivity contribution < 1.29 is 4.79 Å². The van der Waals surface area contributed by atoms with Crippen LogP contribution in [0.5, 0.6) is 0 Å². The van der Waals surface area contributed by atoms with Gasteiger partial charge in [-0.2, -0.15) is 0 Å². The van der Waals surface area contributed by atoms with E-state index in [4.69, 9.17) is 5.73 Å². The molecule has 0 aliphatic rings. The molecule has 0 amide bonds. The molecule has 2 N–H and O–H groups in total. The fraction of sp³-hybridized carbons (Fsp3) is 0.154. The molecular formula is C13H13NOS. The van der Waals surface area contributed by atoms with Crippen LogP contribution in [0.1, 0.15) is 28.2 Å². The smallest absolute Gasteiger partial charge is 0.160 e. The maximum atomic E-state index is 10.6. The Balaban J connectivity index is 2.39. The SMILES string of the molecule is C[C@@H](N)c1cccc(-c2ccc(C=O)s2)c1. The number of aldehydes is 1. The lowest BCUT2D eigenvalue weighted by Crippen LogP contribution is -2.04. The van der Waals surface area contributed by atoms with Crippen LogP contribution >= 0.6 is 11.3 Å². The lowest BCUT2D eigenvalue weighted by atomic mass is 10.1. The van der Waals surface area contributed by atoms with Gasteiger partial charge in [0.25, 0.3) is 0 Å². The van der Waals surface area contributed by atoms with E-state index in [2.05, 4.69) is 6.07 Å². The summed E-state index contributed by atoms with van der Waals surface area (Å²) in [5, 5.41) is 0. The second-order valence-electron chi connectivity index (χ2n) is 3.73. The Kier molecular flexibility index (Phi) is 3.17. The fourth-order valence-electron chi connectivity index (χ4n) is 1.55. The van der Waals surface area contributed by atoms with E-state index in [1.165, 1.54) is 11.3 Å². The summed E-state index contributed by atoms with van der Waals surface area (Å²) in [6.45, 7) is 1.96. The van der Waals surface area contributed by atoms with Gasteiger partial charge in [0, 0.05) is 10.9 Å². The van der Waals surface area contributed by atoms with Gasteiger partial charge >= 0.3 is 0 Å². The van der Waals surface area contributed by atoms with Gasteiger partial charge in [-0.25, -0.2) is 0 Å². The molecule has 0 saturated heterocycles. The highest BCUT2D eigenvalue weighted by molar-refractivity contribution is 7.17. The molecule has 0 bridgehead atoms. The first-order valence-electron chi connectivity index (χ1n) is 5.11. The van der Waals surface area contributed by atoms with Crippen molar-refractivity contribution in [3.8, 4) is 10.4 Å². The monoisotopic (exact) mass is 231 g/mol. The fourth-order valence-corrected chi connectivity index (χ4v) is 2.37. The van der Waals surface area contributed by atoms with E-state index in [-0.39, 0.29) is 6.04 Å². The van der Waals surface area contributed by atoms with Crippen molar-refractivity contribution >= 4 is 17.6 Å². The second kappa shape index (κ2) is 4.60. The van der Waals surface area contributed by atoms with Crippen molar-refractivity contribution in [3.05, 3.63) is 46.8 Å². The van der Waals surface area contributed by atoms with Gasteiger partial charge < -0.3 is 5.73 Å². The summed E-state index contributed by atoms with van der Waals surface area (Å²) >= 11 is 1.50. The molecular weight excluding hydrogens is 218 g/mol. The zero-order chi connectivity index (χ0) is 11.5. The first-order valence-corrected chi connectivity index (χ1v) is 5.93. The van der Waals surface area contributed by atoms with Crippen LogP contribution in [-0.2, 0) is 0 Å². The quantitative estimate of drug-likeness (QED) is 0.824. The van der Waals surface area contributed by atoms with Crippen molar-refractivity contribution in [3.63, 3.8) is 0 Å². The number of thiophene rings is 1. The highest BCUT2D eigenvalue weighted by Crippen LogP contribution is 2.28. The highest BCUT2D eigenvalue weighted by atomic mass is 32.1. The summed E-state index contributed by atoms with van der Waals surface area (Å²) in [6, 6.07) is 12.0. The topological polar surface area (TPSA) is 43.1 Å². The Labute approximate surface area is 98.7 Å². The molecule has 0 spiro atoms. The molecule has 82 valence electrons. The van der Waals surface area contributed by atoms with Gasteiger partial charge in [0.15, 0.2) is 6.29 Å². The predicted molar refractivity (Wildman–Crippen MR) is 67.7 cm³/mol. The maximum Gasteiger partial charge on any atom is 0.160 e. The molecule has 1 atom stereocenters. The Hall–Kier alpha value is -1.45. The van der Waals surface area contributed by atoms with Crippen LogP contribution in [0, 0.1) is 0 Å². The molecule has 0 radical (unpaired) electrons. The lowest BCUT2D eigenvalue weighted by Gasteiger charge is -2.06. The number of nitrogens with two attached hydrogens (primary N) is 1. The highest BCUT2D eigenvalue weighted by Gasteiger charge is 2.05. The summed E-state index contributed by atoms with van der Waals surface area (Å²) in [7, 11) is 0. The standard InChI is InChI=1S/C13H13NOS/c1-9(14)10-3-2-4-11(7-10)13-6-5-12(8-15)16-13/h2-9H,14H2,1H3/t9-/m1/s1. The molecule has 1 aromatic heterocycles. The molecule has 0 saturated carbocycles. The Morgan fingerprint density at radius 3 is 2.75 bits per heavy atom. The van der Waals surface area contributed by atoms with Gasteiger partial charge in [-0.15, -0.1) is 11.3 Å². The van der Waals surface area contributed by atoms with E-state index in [9.17, 15) is 4.79 Å². The Morgan fingerprint density at radius 1 is 1.31 bits per heavy atom.